The predicted molar refractivity (Wildman–Crippen MR) is 109 cm³/mol. The first-order chi connectivity index (χ1) is 14.0. The normalized spacial score (nSPS) is 31.6. The van der Waals surface area contributed by atoms with Gasteiger partial charge in [-0.3, -0.25) is 19.3 Å². The largest absolute Gasteiger partial charge is 0.348 e. The van der Waals surface area contributed by atoms with Gasteiger partial charge in [-0.15, -0.1) is 0 Å². The highest BCUT2D eigenvalue weighted by Gasteiger charge is 2.60. The van der Waals surface area contributed by atoms with Crippen LogP contribution >= 0.6 is 0 Å². The zero-order chi connectivity index (χ0) is 20.3. The molecule has 3 aliphatic carbocycles. The van der Waals surface area contributed by atoms with E-state index in [4.69, 9.17) is 0 Å². The number of nitrogens with zero attached hydrogens (tertiary/aromatic N) is 1. The van der Waals surface area contributed by atoms with Crippen molar-refractivity contribution in [2.24, 2.45) is 23.7 Å². The molecule has 0 unspecified atom stereocenters. The summed E-state index contributed by atoms with van der Waals surface area (Å²) in [5.41, 5.74) is 3.86. The van der Waals surface area contributed by atoms with E-state index in [1.165, 1.54) is 28.9 Å². The van der Waals surface area contributed by atoms with Crippen LogP contribution in [-0.4, -0.2) is 28.7 Å². The minimum atomic E-state index is -0.778. The Morgan fingerprint density at radius 3 is 2.28 bits per heavy atom. The molecule has 152 valence electrons. The van der Waals surface area contributed by atoms with Gasteiger partial charge in [0.1, 0.15) is 6.04 Å². The van der Waals surface area contributed by atoms with Gasteiger partial charge in [0.25, 0.3) is 0 Å². The average Bonchev–Trinajstić information content (AvgIpc) is 3.41. The molecule has 1 saturated carbocycles. The number of allylic oxidation sites excluding steroid dienone is 2. The molecule has 3 amide bonds. The third kappa shape index (κ3) is 2.85. The second kappa shape index (κ2) is 6.82. The maximum Gasteiger partial charge on any atom is 0.243 e. The number of fused-ring (bicyclic) bond motifs is 6. The summed E-state index contributed by atoms with van der Waals surface area (Å²) in [6, 6.07) is 5.51. The Balaban J connectivity index is 1.29. The summed E-state index contributed by atoms with van der Waals surface area (Å²) in [6.45, 7) is 3.63. The quantitative estimate of drug-likeness (QED) is 0.633. The number of amides is 3. The predicted octanol–water partition coefficient (Wildman–Crippen LogP) is 2.94. The first-order valence-corrected chi connectivity index (χ1v) is 10.9. The maximum atomic E-state index is 12.9. The number of likely N-dealkylation sites (tertiary alicyclic amines) is 1. The van der Waals surface area contributed by atoms with Gasteiger partial charge in [-0.05, 0) is 74.5 Å². The Morgan fingerprint density at radius 2 is 1.62 bits per heavy atom. The van der Waals surface area contributed by atoms with E-state index in [-0.39, 0.29) is 47.4 Å². The van der Waals surface area contributed by atoms with Gasteiger partial charge in [0.05, 0.1) is 17.9 Å². The van der Waals surface area contributed by atoms with Crippen molar-refractivity contribution in [3.63, 3.8) is 0 Å². The second-order valence-electron chi connectivity index (χ2n) is 9.19. The van der Waals surface area contributed by atoms with Crippen molar-refractivity contribution in [2.75, 3.05) is 0 Å². The molecule has 0 spiro atoms. The number of imide groups is 1. The minimum absolute atomic E-state index is 0.163. The highest BCUT2D eigenvalue weighted by molar-refractivity contribution is 6.09. The molecule has 1 N–H and O–H groups in total. The fourth-order valence-electron chi connectivity index (χ4n) is 5.86. The van der Waals surface area contributed by atoms with E-state index in [0.29, 0.717) is 0 Å². The summed E-state index contributed by atoms with van der Waals surface area (Å²) in [5.74, 6) is -0.789. The monoisotopic (exact) mass is 392 g/mol. The SMILES string of the molecule is C[C@H](NC(=O)[C@H](C)N1C(=O)[C@@H]2[C@@H](C1=O)[C@H]1C=C[C@H]2C1)c1ccc2c(c1)CCCC2. The molecule has 1 aromatic carbocycles. The van der Waals surface area contributed by atoms with Gasteiger partial charge in [-0.25, -0.2) is 0 Å². The van der Waals surface area contributed by atoms with E-state index in [0.717, 1.165) is 24.8 Å². The zero-order valence-corrected chi connectivity index (χ0v) is 17.1. The summed E-state index contributed by atoms with van der Waals surface area (Å²) < 4.78 is 0. The second-order valence-corrected chi connectivity index (χ2v) is 9.19. The first-order valence-electron chi connectivity index (χ1n) is 10.9. The molecule has 1 heterocycles. The molecule has 1 saturated heterocycles. The van der Waals surface area contributed by atoms with Crippen LogP contribution in [0, 0.1) is 23.7 Å². The molecule has 6 atom stereocenters. The number of benzene rings is 1. The number of carbonyl (C=O) groups is 3. The number of hydrogen-bond donors (Lipinski definition) is 1. The van der Waals surface area contributed by atoms with E-state index in [1.54, 1.807) is 6.92 Å². The van der Waals surface area contributed by atoms with Crippen molar-refractivity contribution < 1.29 is 14.4 Å². The van der Waals surface area contributed by atoms with Crippen LogP contribution in [0.3, 0.4) is 0 Å². The van der Waals surface area contributed by atoms with Crippen molar-refractivity contribution in [2.45, 2.75) is 58.0 Å². The molecule has 1 aromatic rings. The Hall–Kier alpha value is -2.43. The lowest BCUT2D eigenvalue weighted by molar-refractivity contribution is -0.148. The van der Waals surface area contributed by atoms with Crippen LogP contribution in [0.1, 0.15) is 55.8 Å². The van der Waals surface area contributed by atoms with Crippen molar-refractivity contribution in [3.8, 4) is 0 Å². The molecule has 5 nitrogen and oxygen atoms in total. The van der Waals surface area contributed by atoms with Crippen molar-refractivity contribution in [1.29, 1.82) is 0 Å². The number of hydrogen-bond acceptors (Lipinski definition) is 3. The van der Waals surface area contributed by atoms with Gasteiger partial charge >= 0.3 is 0 Å². The molecule has 0 aromatic heterocycles. The van der Waals surface area contributed by atoms with E-state index < -0.39 is 6.04 Å². The number of carbonyl (C=O) groups excluding carboxylic acids is 3. The molecule has 0 radical (unpaired) electrons. The summed E-state index contributed by atoms with van der Waals surface area (Å²) in [5, 5.41) is 3.02. The Morgan fingerprint density at radius 1 is 1.00 bits per heavy atom. The van der Waals surface area contributed by atoms with Crippen molar-refractivity contribution >= 4 is 17.7 Å². The highest BCUT2D eigenvalue weighted by atomic mass is 16.2. The van der Waals surface area contributed by atoms with Crippen molar-refractivity contribution in [1.82, 2.24) is 10.2 Å². The lowest BCUT2D eigenvalue weighted by atomic mass is 9.85. The molecule has 5 heteroatoms. The van der Waals surface area contributed by atoms with Crippen LogP contribution in [0.2, 0.25) is 0 Å². The summed E-state index contributed by atoms with van der Waals surface area (Å²) in [6.07, 6.45) is 9.73. The topological polar surface area (TPSA) is 66.5 Å². The Bertz CT molecular complexity index is 891. The van der Waals surface area contributed by atoms with E-state index >= 15 is 0 Å². The molecule has 2 fully saturated rings. The van der Waals surface area contributed by atoms with Gasteiger partial charge in [-0.2, -0.15) is 0 Å². The van der Waals surface area contributed by atoms with E-state index in [2.05, 4.69) is 35.7 Å². The van der Waals surface area contributed by atoms with Crippen LogP contribution in [0.5, 0.6) is 0 Å². The summed E-state index contributed by atoms with van der Waals surface area (Å²) >= 11 is 0. The molecule has 29 heavy (non-hydrogen) atoms. The fourth-order valence-corrected chi connectivity index (χ4v) is 5.86. The van der Waals surface area contributed by atoms with Crippen LogP contribution in [0.25, 0.3) is 0 Å². The Labute approximate surface area is 171 Å². The lowest BCUT2D eigenvalue weighted by Crippen LogP contribution is -2.49. The number of aryl methyl sites for hydroxylation is 2. The molecule has 1 aliphatic heterocycles. The standard InChI is InChI=1S/C24H28N2O3/c1-13(16-8-7-15-5-3-4-6-17(15)11-16)25-22(27)14(2)26-23(28)20-18-9-10-19(12-18)21(20)24(26)29/h7-11,13-14,18-21H,3-6,12H2,1-2H3,(H,25,27)/t13-,14-,18-,19-,20-,21-/m0/s1. The maximum absolute atomic E-state index is 12.9. The number of rotatable bonds is 4. The highest BCUT2D eigenvalue weighted by Crippen LogP contribution is 2.52. The molecule has 5 rings (SSSR count). The summed E-state index contributed by atoms with van der Waals surface area (Å²) in [4.78, 5) is 40.0. The van der Waals surface area contributed by atoms with Crippen LogP contribution < -0.4 is 5.32 Å². The third-order valence-corrected chi connectivity index (χ3v) is 7.50. The van der Waals surface area contributed by atoms with E-state index in [1.807, 2.05) is 6.92 Å². The smallest absolute Gasteiger partial charge is 0.243 e. The van der Waals surface area contributed by atoms with Crippen molar-refractivity contribution in [3.05, 3.63) is 47.0 Å². The lowest BCUT2D eigenvalue weighted by Gasteiger charge is -2.26. The molecule has 2 bridgehead atoms. The molecular formula is C24H28N2O3. The fraction of sp³-hybridized carbons (Fsp3) is 0.542. The Kier molecular flexibility index (Phi) is 4.37. The average molecular weight is 392 g/mol. The van der Waals surface area contributed by atoms with Gasteiger partial charge in [0.2, 0.25) is 17.7 Å². The molecular weight excluding hydrogens is 364 g/mol. The molecule has 4 aliphatic rings. The van der Waals surface area contributed by atoms with Gasteiger partial charge in [0.15, 0.2) is 0 Å². The van der Waals surface area contributed by atoms with Gasteiger partial charge < -0.3 is 5.32 Å². The number of nitrogens with one attached hydrogen (secondary N) is 1. The zero-order valence-electron chi connectivity index (χ0n) is 17.1. The van der Waals surface area contributed by atoms with Crippen LogP contribution in [0.15, 0.2) is 30.4 Å². The summed E-state index contributed by atoms with van der Waals surface area (Å²) in [7, 11) is 0. The third-order valence-electron chi connectivity index (χ3n) is 7.50. The van der Waals surface area contributed by atoms with Gasteiger partial charge in [0, 0.05) is 0 Å². The van der Waals surface area contributed by atoms with Gasteiger partial charge in [-0.1, -0.05) is 30.4 Å². The van der Waals surface area contributed by atoms with Crippen LogP contribution in [0.4, 0.5) is 0 Å². The first kappa shape index (κ1) is 18.6. The minimum Gasteiger partial charge on any atom is -0.348 e. The van der Waals surface area contributed by atoms with E-state index in [9.17, 15) is 14.4 Å². The van der Waals surface area contributed by atoms with Crippen LogP contribution in [-0.2, 0) is 27.2 Å².